The third-order valence-electron chi connectivity index (χ3n) is 2.98. The van der Waals surface area contributed by atoms with Crippen LogP contribution in [0.2, 0.25) is 5.02 Å². The zero-order chi connectivity index (χ0) is 15.7. The Morgan fingerprint density at radius 3 is 2.52 bits per heavy atom. The summed E-state index contributed by atoms with van der Waals surface area (Å²) in [4.78, 5) is 23.5. The number of aryl methyl sites for hydroxylation is 1. The summed E-state index contributed by atoms with van der Waals surface area (Å²) in [6, 6.07) is 1.65. The molecule has 0 fully saturated rings. The van der Waals surface area contributed by atoms with Gasteiger partial charge >= 0.3 is 5.69 Å². The lowest BCUT2D eigenvalue weighted by atomic mass is 10.2. The van der Waals surface area contributed by atoms with E-state index in [1.54, 1.807) is 0 Å². The Morgan fingerprint density at radius 2 is 1.90 bits per heavy atom. The summed E-state index contributed by atoms with van der Waals surface area (Å²) in [5, 5.41) is 2.51. The standard InChI is InChI=1S/C13H12ClF2N3O2/c1-18-6-7(12(20)19(2)13(18)21)5-17-11-9(14)3-8(15)4-10(11)16/h3-4,6,17H,5H2,1-2H3. The lowest BCUT2D eigenvalue weighted by Gasteiger charge is -2.11. The van der Waals surface area contributed by atoms with Gasteiger partial charge in [0.25, 0.3) is 5.56 Å². The van der Waals surface area contributed by atoms with Crippen molar-refractivity contribution in [3.63, 3.8) is 0 Å². The van der Waals surface area contributed by atoms with Crippen LogP contribution in [0.1, 0.15) is 5.56 Å². The van der Waals surface area contributed by atoms with Crippen LogP contribution in [0.4, 0.5) is 14.5 Å². The first-order chi connectivity index (χ1) is 9.81. The minimum Gasteiger partial charge on any atom is -0.377 e. The molecule has 0 saturated heterocycles. The Balaban J connectivity index is 2.34. The molecular weight excluding hydrogens is 304 g/mol. The Labute approximate surface area is 123 Å². The van der Waals surface area contributed by atoms with Gasteiger partial charge in [0.1, 0.15) is 5.82 Å². The Kier molecular flexibility index (Phi) is 4.13. The number of nitrogens with zero attached hydrogens (tertiary/aromatic N) is 2. The van der Waals surface area contributed by atoms with Crippen LogP contribution in [0.5, 0.6) is 0 Å². The molecule has 0 bridgehead atoms. The van der Waals surface area contributed by atoms with E-state index < -0.39 is 22.9 Å². The van der Waals surface area contributed by atoms with Gasteiger partial charge in [0.2, 0.25) is 0 Å². The minimum atomic E-state index is -0.860. The van der Waals surface area contributed by atoms with E-state index in [-0.39, 0.29) is 22.8 Å². The van der Waals surface area contributed by atoms with E-state index in [0.717, 1.165) is 10.6 Å². The average molecular weight is 316 g/mol. The van der Waals surface area contributed by atoms with Crippen molar-refractivity contribution in [1.82, 2.24) is 9.13 Å². The van der Waals surface area contributed by atoms with E-state index in [4.69, 9.17) is 11.6 Å². The highest BCUT2D eigenvalue weighted by Crippen LogP contribution is 2.26. The second-order valence-corrected chi connectivity index (χ2v) is 4.92. The van der Waals surface area contributed by atoms with Gasteiger partial charge in [0.15, 0.2) is 5.82 Å². The summed E-state index contributed by atoms with van der Waals surface area (Å²) in [6.07, 6.45) is 1.35. The molecule has 0 unspecified atom stereocenters. The molecule has 0 aliphatic heterocycles. The van der Waals surface area contributed by atoms with E-state index in [0.29, 0.717) is 6.07 Å². The quantitative estimate of drug-likeness (QED) is 0.936. The second kappa shape index (κ2) is 5.69. The molecule has 0 aliphatic carbocycles. The Hall–Kier alpha value is -2.15. The van der Waals surface area contributed by atoms with Crippen molar-refractivity contribution in [2.45, 2.75) is 6.54 Å². The summed E-state index contributed by atoms with van der Waals surface area (Å²) in [7, 11) is 2.84. The molecule has 0 radical (unpaired) electrons. The second-order valence-electron chi connectivity index (χ2n) is 4.51. The summed E-state index contributed by atoms with van der Waals surface area (Å²) >= 11 is 5.75. The first-order valence-corrected chi connectivity index (χ1v) is 6.33. The van der Waals surface area contributed by atoms with E-state index in [1.165, 1.54) is 24.9 Å². The van der Waals surface area contributed by atoms with Crippen molar-refractivity contribution in [1.29, 1.82) is 0 Å². The molecule has 2 rings (SSSR count). The van der Waals surface area contributed by atoms with E-state index in [1.807, 2.05) is 0 Å². The molecule has 2 aromatic rings. The van der Waals surface area contributed by atoms with Crippen LogP contribution in [0.15, 0.2) is 27.9 Å². The zero-order valence-corrected chi connectivity index (χ0v) is 12.0. The van der Waals surface area contributed by atoms with Gasteiger partial charge < -0.3 is 9.88 Å². The number of benzene rings is 1. The number of hydrogen-bond acceptors (Lipinski definition) is 3. The van der Waals surface area contributed by atoms with E-state index in [9.17, 15) is 18.4 Å². The fourth-order valence-corrected chi connectivity index (χ4v) is 2.16. The largest absolute Gasteiger partial charge is 0.377 e. The lowest BCUT2D eigenvalue weighted by Crippen LogP contribution is -2.38. The molecule has 0 atom stereocenters. The average Bonchev–Trinajstić information content (AvgIpc) is 2.40. The van der Waals surface area contributed by atoms with Crippen LogP contribution in [0, 0.1) is 11.6 Å². The van der Waals surface area contributed by atoms with Gasteiger partial charge in [-0.05, 0) is 6.07 Å². The lowest BCUT2D eigenvalue weighted by molar-refractivity contribution is 0.585. The number of rotatable bonds is 3. The van der Waals surface area contributed by atoms with Gasteiger partial charge in [-0.1, -0.05) is 11.6 Å². The monoisotopic (exact) mass is 315 g/mol. The van der Waals surface area contributed by atoms with Gasteiger partial charge in [-0.2, -0.15) is 0 Å². The SMILES string of the molecule is Cn1cc(CNc2c(F)cc(F)cc2Cl)c(=O)n(C)c1=O. The first-order valence-electron chi connectivity index (χ1n) is 5.95. The molecule has 5 nitrogen and oxygen atoms in total. The predicted octanol–water partition coefficient (Wildman–Crippen LogP) is 1.63. The molecule has 0 spiro atoms. The fraction of sp³-hybridized carbons (Fsp3) is 0.231. The molecule has 0 aliphatic rings. The van der Waals surface area contributed by atoms with Gasteiger partial charge in [-0.3, -0.25) is 9.36 Å². The van der Waals surface area contributed by atoms with Gasteiger partial charge in [-0.15, -0.1) is 0 Å². The van der Waals surface area contributed by atoms with Gasteiger partial charge in [0.05, 0.1) is 16.3 Å². The summed E-state index contributed by atoms with van der Waals surface area (Å²) in [6.45, 7) is -0.0525. The van der Waals surface area contributed by atoms with Crippen molar-refractivity contribution in [2.24, 2.45) is 14.1 Å². The molecule has 0 saturated carbocycles. The minimum absolute atomic E-state index is 0.0525. The summed E-state index contributed by atoms with van der Waals surface area (Å²) in [5.41, 5.74) is -0.813. The topological polar surface area (TPSA) is 56.0 Å². The number of nitrogens with one attached hydrogen (secondary N) is 1. The van der Waals surface area contributed by atoms with Crippen LogP contribution in [0.3, 0.4) is 0 Å². The molecule has 1 aromatic heterocycles. The highest BCUT2D eigenvalue weighted by atomic mass is 35.5. The van der Waals surface area contributed by atoms with Gasteiger partial charge in [-0.25, -0.2) is 13.6 Å². The normalized spacial score (nSPS) is 10.7. The third-order valence-corrected chi connectivity index (χ3v) is 3.28. The Morgan fingerprint density at radius 1 is 1.24 bits per heavy atom. The number of hydrogen-bond donors (Lipinski definition) is 1. The zero-order valence-electron chi connectivity index (χ0n) is 11.3. The Bertz CT molecular complexity index is 791. The molecule has 0 amide bonds. The van der Waals surface area contributed by atoms with E-state index in [2.05, 4.69) is 5.32 Å². The van der Waals surface area contributed by atoms with Crippen molar-refractivity contribution in [2.75, 3.05) is 5.32 Å². The predicted molar refractivity (Wildman–Crippen MR) is 75.6 cm³/mol. The fourth-order valence-electron chi connectivity index (χ4n) is 1.90. The van der Waals surface area contributed by atoms with Crippen LogP contribution < -0.4 is 16.6 Å². The van der Waals surface area contributed by atoms with Crippen molar-refractivity contribution >= 4 is 17.3 Å². The van der Waals surface area contributed by atoms with E-state index >= 15 is 0 Å². The van der Waals surface area contributed by atoms with Crippen molar-refractivity contribution < 1.29 is 8.78 Å². The van der Waals surface area contributed by atoms with Crippen LogP contribution in [0.25, 0.3) is 0 Å². The molecule has 112 valence electrons. The van der Waals surface area contributed by atoms with Crippen molar-refractivity contribution in [3.05, 3.63) is 61.4 Å². The van der Waals surface area contributed by atoms with Gasteiger partial charge in [0, 0.05) is 32.9 Å². The first kappa shape index (κ1) is 15.2. The number of anilines is 1. The number of aromatic nitrogens is 2. The van der Waals surface area contributed by atoms with Crippen LogP contribution >= 0.6 is 11.6 Å². The molecular formula is C13H12ClF2N3O2. The maximum absolute atomic E-state index is 13.6. The summed E-state index contributed by atoms with van der Waals surface area (Å²) in [5.74, 6) is -1.65. The maximum Gasteiger partial charge on any atom is 0.330 e. The molecule has 21 heavy (non-hydrogen) atoms. The third kappa shape index (κ3) is 2.97. The highest BCUT2D eigenvalue weighted by molar-refractivity contribution is 6.33. The highest BCUT2D eigenvalue weighted by Gasteiger charge is 2.12. The summed E-state index contributed by atoms with van der Waals surface area (Å²) < 4.78 is 28.7. The van der Waals surface area contributed by atoms with Crippen LogP contribution in [-0.2, 0) is 20.6 Å². The molecule has 1 N–H and O–H groups in total. The smallest absolute Gasteiger partial charge is 0.330 e. The maximum atomic E-state index is 13.6. The molecule has 1 aromatic carbocycles. The number of halogens is 3. The van der Waals surface area contributed by atoms with Crippen LogP contribution in [-0.4, -0.2) is 9.13 Å². The van der Waals surface area contributed by atoms with Crippen molar-refractivity contribution in [3.8, 4) is 0 Å². The molecule has 8 heteroatoms. The molecule has 1 heterocycles.